The van der Waals surface area contributed by atoms with Crippen molar-refractivity contribution in [1.29, 1.82) is 0 Å². The molecular weight excluding hydrogens is 212 g/mol. The fraction of sp³-hybridized carbons (Fsp3) is 0.692. The molecule has 1 heterocycles. The highest BCUT2D eigenvalue weighted by atomic mass is 15.1. The predicted octanol–water partition coefficient (Wildman–Crippen LogP) is 3.21. The molecule has 96 valence electrons. The van der Waals surface area contributed by atoms with Crippen LogP contribution < -0.4 is 10.6 Å². The van der Waals surface area contributed by atoms with Gasteiger partial charge in [-0.3, -0.25) is 0 Å². The Balaban J connectivity index is 2.82. The standard InChI is InChI=1S/C13H24N4/c1-6-8-14-11-9-12(16-10(3)15-11)17-13(4,5)7-2/h9H,6-8H2,1-5H3,(H2,14,15,16,17). The van der Waals surface area contributed by atoms with Gasteiger partial charge in [0.25, 0.3) is 0 Å². The molecule has 0 atom stereocenters. The molecule has 4 heteroatoms. The molecular formula is C13H24N4. The van der Waals surface area contributed by atoms with Crippen molar-refractivity contribution in [2.45, 2.75) is 53.0 Å². The maximum atomic E-state index is 4.41. The molecule has 0 fully saturated rings. The third-order valence-electron chi connectivity index (χ3n) is 2.74. The molecule has 0 amide bonds. The lowest BCUT2D eigenvalue weighted by atomic mass is 10.0. The SMILES string of the molecule is CCCNc1cc(NC(C)(C)CC)nc(C)n1. The lowest BCUT2D eigenvalue weighted by Gasteiger charge is -2.25. The maximum Gasteiger partial charge on any atom is 0.132 e. The van der Waals surface area contributed by atoms with E-state index in [0.717, 1.165) is 36.8 Å². The van der Waals surface area contributed by atoms with E-state index in [0.29, 0.717) is 0 Å². The van der Waals surface area contributed by atoms with Crippen LogP contribution in [0.4, 0.5) is 11.6 Å². The molecule has 0 aliphatic rings. The Morgan fingerprint density at radius 2 is 1.82 bits per heavy atom. The predicted molar refractivity (Wildman–Crippen MR) is 73.5 cm³/mol. The van der Waals surface area contributed by atoms with E-state index in [1.807, 2.05) is 13.0 Å². The number of anilines is 2. The highest BCUT2D eigenvalue weighted by Gasteiger charge is 2.15. The molecule has 0 aliphatic carbocycles. The molecule has 1 aromatic rings. The van der Waals surface area contributed by atoms with Gasteiger partial charge in [0, 0.05) is 18.2 Å². The fourth-order valence-corrected chi connectivity index (χ4v) is 1.41. The van der Waals surface area contributed by atoms with Gasteiger partial charge in [0.15, 0.2) is 0 Å². The van der Waals surface area contributed by atoms with Crippen molar-refractivity contribution in [3.05, 3.63) is 11.9 Å². The van der Waals surface area contributed by atoms with E-state index in [9.17, 15) is 0 Å². The summed E-state index contributed by atoms with van der Waals surface area (Å²) in [5, 5.41) is 6.72. The first-order valence-electron chi connectivity index (χ1n) is 6.34. The van der Waals surface area contributed by atoms with Gasteiger partial charge in [-0.2, -0.15) is 0 Å². The molecule has 0 aliphatic heterocycles. The third-order valence-corrected chi connectivity index (χ3v) is 2.74. The van der Waals surface area contributed by atoms with Gasteiger partial charge in [-0.05, 0) is 33.6 Å². The Morgan fingerprint density at radius 1 is 1.18 bits per heavy atom. The summed E-state index contributed by atoms with van der Waals surface area (Å²) in [6, 6.07) is 1.97. The Morgan fingerprint density at radius 3 is 2.41 bits per heavy atom. The van der Waals surface area contributed by atoms with E-state index in [4.69, 9.17) is 0 Å². The van der Waals surface area contributed by atoms with Gasteiger partial charge < -0.3 is 10.6 Å². The summed E-state index contributed by atoms with van der Waals surface area (Å²) < 4.78 is 0. The zero-order valence-corrected chi connectivity index (χ0v) is 11.6. The van der Waals surface area contributed by atoms with Gasteiger partial charge in [-0.15, -0.1) is 0 Å². The van der Waals surface area contributed by atoms with Crippen LogP contribution >= 0.6 is 0 Å². The summed E-state index contributed by atoms with van der Waals surface area (Å²) >= 11 is 0. The molecule has 2 N–H and O–H groups in total. The minimum atomic E-state index is 0.0584. The first-order valence-corrected chi connectivity index (χ1v) is 6.34. The molecule has 4 nitrogen and oxygen atoms in total. The van der Waals surface area contributed by atoms with E-state index in [-0.39, 0.29) is 5.54 Å². The van der Waals surface area contributed by atoms with Crippen LogP contribution in [0.25, 0.3) is 0 Å². The molecule has 1 rings (SSSR count). The summed E-state index contributed by atoms with van der Waals surface area (Å²) in [6.45, 7) is 11.5. The van der Waals surface area contributed by atoms with Crippen LogP contribution in [0.1, 0.15) is 46.4 Å². The van der Waals surface area contributed by atoms with E-state index in [2.05, 4.69) is 48.3 Å². The smallest absolute Gasteiger partial charge is 0.132 e. The lowest BCUT2D eigenvalue weighted by molar-refractivity contribution is 0.544. The number of rotatable bonds is 6. The zero-order valence-electron chi connectivity index (χ0n) is 11.6. The molecule has 1 aromatic heterocycles. The molecule has 0 spiro atoms. The number of nitrogens with one attached hydrogen (secondary N) is 2. The van der Waals surface area contributed by atoms with E-state index >= 15 is 0 Å². The number of hydrogen-bond acceptors (Lipinski definition) is 4. The monoisotopic (exact) mass is 236 g/mol. The first-order chi connectivity index (χ1) is 7.96. The van der Waals surface area contributed by atoms with Gasteiger partial charge in [0.05, 0.1) is 0 Å². The van der Waals surface area contributed by atoms with Crippen LogP contribution in [0.2, 0.25) is 0 Å². The van der Waals surface area contributed by atoms with Gasteiger partial charge in [0.2, 0.25) is 0 Å². The van der Waals surface area contributed by atoms with Crippen molar-refractivity contribution < 1.29 is 0 Å². The summed E-state index contributed by atoms with van der Waals surface area (Å²) in [5.41, 5.74) is 0.0584. The second-order valence-electron chi connectivity index (χ2n) is 4.97. The van der Waals surface area contributed by atoms with Crippen molar-refractivity contribution in [3.63, 3.8) is 0 Å². The van der Waals surface area contributed by atoms with Crippen LogP contribution in [0.3, 0.4) is 0 Å². The van der Waals surface area contributed by atoms with Crippen molar-refractivity contribution >= 4 is 11.6 Å². The van der Waals surface area contributed by atoms with Crippen molar-refractivity contribution in [3.8, 4) is 0 Å². The minimum absolute atomic E-state index is 0.0584. The molecule has 0 aromatic carbocycles. The Bertz CT molecular complexity index is 360. The van der Waals surface area contributed by atoms with Crippen LogP contribution in [0, 0.1) is 6.92 Å². The molecule has 0 radical (unpaired) electrons. The molecule has 0 saturated heterocycles. The Hall–Kier alpha value is -1.32. The van der Waals surface area contributed by atoms with Gasteiger partial charge >= 0.3 is 0 Å². The van der Waals surface area contributed by atoms with Crippen LogP contribution in [-0.4, -0.2) is 22.1 Å². The second-order valence-corrected chi connectivity index (χ2v) is 4.97. The van der Waals surface area contributed by atoms with E-state index in [1.54, 1.807) is 0 Å². The highest BCUT2D eigenvalue weighted by Crippen LogP contribution is 2.18. The summed E-state index contributed by atoms with van der Waals surface area (Å²) in [5.74, 6) is 2.58. The number of aryl methyl sites for hydroxylation is 1. The van der Waals surface area contributed by atoms with Crippen molar-refractivity contribution in [2.24, 2.45) is 0 Å². The number of aromatic nitrogens is 2. The van der Waals surface area contributed by atoms with Crippen molar-refractivity contribution in [2.75, 3.05) is 17.2 Å². The normalized spacial score (nSPS) is 11.4. The lowest BCUT2D eigenvalue weighted by Crippen LogP contribution is -2.30. The third kappa shape index (κ3) is 4.59. The molecule has 17 heavy (non-hydrogen) atoms. The Kier molecular flexibility index (Phi) is 4.73. The topological polar surface area (TPSA) is 49.8 Å². The average Bonchev–Trinajstić information content (AvgIpc) is 2.25. The quantitative estimate of drug-likeness (QED) is 0.796. The fourth-order valence-electron chi connectivity index (χ4n) is 1.41. The maximum absolute atomic E-state index is 4.41. The number of nitrogens with zero attached hydrogens (tertiary/aromatic N) is 2. The second kappa shape index (κ2) is 5.84. The van der Waals surface area contributed by atoms with Crippen LogP contribution in [-0.2, 0) is 0 Å². The molecule has 0 unspecified atom stereocenters. The first kappa shape index (κ1) is 13.7. The highest BCUT2D eigenvalue weighted by molar-refractivity contribution is 5.48. The molecule has 0 bridgehead atoms. The Labute approximate surface area is 104 Å². The average molecular weight is 236 g/mol. The molecule has 0 saturated carbocycles. The summed E-state index contributed by atoms with van der Waals surface area (Å²) in [6.07, 6.45) is 2.14. The van der Waals surface area contributed by atoms with Gasteiger partial charge in [-0.25, -0.2) is 9.97 Å². The summed E-state index contributed by atoms with van der Waals surface area (Å²) in [4.78, 5) is 8.78. The van der Waals surface area contributed by atoms with Gasteiger partial charge in [0.1, 0.15) is 17.5 Å². The summed E-state index contributed by atoms with van der Waals surface area (Å²) in [7, 11) is 0. The van der Waals surface area contributed by atoms with Crippen molar-refractivity contribution in [1.82, 2.24) is 9.97 Å². The minimum Gasteiger partial charge on any atom is -0.370 e. The van der Waals surface area contributed by atoms with Crippen LogP contribution in [0.5, 0.6) is 0 Å². The zero-order chi connectivity index (χ0) is 12.9. The van der Waals surface area contributed by atoms with E-state index < -0.39 is 0 Å². The van der Waals surface area contributed by atoms with E-state index in [1.165, 1.54) is 0 Å². The largest absolute Gasteiger partial charge is 0.370 e. The van der Waals surface area contributed by atoms with Gasteiger partial charge in [-0.1, -0.05) is 13.8 Å². The van der Waals surface area contributed by atoms with Crippen LogP contribution in [0.15, 0.2) is 6.07 Å². The number of hydrogen-bond donors (Lipinski definition) is 2.